The molecule has 2 aromatic rings. The Morgan fingerprint density at radius 3 is 2.17 bits per heavy atom. The van der Waals surface area contributed by atoms with Crippen LogP contribution in [0.3, 0.4) is 0 Å². The average molecular weight is 423 g/mol. The summed E-state index contributed by atoms with van der Waals surface area (Å²) in [6, 6.07) is 11.3. The molecule has 0 saturated heterocycles. The maximum Gasteiger partial charge on any atom is 0.258 e. The third kappa shape index (κ3) is 6.37. The van der Waals surface area contributed by atoms with Crippen molar-refractivity contribution in [2.75, 3.05) is 27.4 Å². The number of hydrogen-bond donors (Lipinski definition) is 2. The third-order valence-electron chi connectivity index (χ3n) is 4.04. The van der Waals surface area contributed by atoms with Crippen LogP contribution >= 0.6 is 0 Å². The summed E-state index contributed by atoms with van der Waals surface area (Å²) in [6.07, 6.45) is 0.705. The Labute approximate surface area is 171 Å². The lowest BCUT2D eigenvalue weighted by molar-refractivity contribution is -0.123. The predicted molar refractivity (Wildman–Crippen MR) is 109 cm³/mol. The second-order valence-corrected chi connectivity index (χ2v) is 7.84. The molecule has 9 heteroatoms. The summed E-state index contributed by atoms with van der Waals surface area (Å²) in [5, 5.41) is 2.75. The zero-order valence-electron chi connectivity index (χ0n) is 16.7. The summed E-state index contributed by atoms with van der Waals surface area (Å²) in [5.74, 6) is 1.28. The molecular weight excluding hydrogens is 396 g/mol. The van der Waals surface area contributed by atoms with Gasteiger partial charge in [0, 0.05) is 6.54 Å². The molecule has 0 heterocycles. The van der Waals surface area contributed by atoms with Crippen LogP contribution in [0, 0.1) is 0 Å². The van der Waals surface area contributed by atoms with Crippen LogP contribution < -0.4 is 24.2 Å². The van der Waals surface area contributed by atoms with Gasteiger partial charge in [-0.05, 0) is 42.8 Å². The van der Waals surface area contributed by atoms with Gasteiger partial charge in [0.15, 0.2) is 6.61 Å². The molecule has 0 unspecified atom stereocenters. The summed E-state index contributed by atoms with van der Waals surface area (Å²) in [6.45, 7) is 2.26. The number of amides is 1. The van der Waals surface area contributed by atoms with Crippen LogP contribution in [0.1, 0.15) is 18.9 Å². The van der Waals surface area contributed by atoms with Crippen LogP contribution in [0.2, 0.25) is 0 Å². The van der Waals surface area contributed by atoms with Crippen molar-refractivity contribution in [2.24, 2.45) is 0 Å². The molecule has 2 rings (SSSR count). The first-order chi connectivity index (χ1) is 13.9. The van der Waals surface area contributed by atoms with Gasteiger partial charge < -0.3 is 19.5 Å². The molecule has 0 saturated carbocycles. The summed E-state index contributed by atoms with van der Waals surface area (Å²) >= 11 is 0. The van der Waals surface area contributed by atoms with Gasteiger partial charge in [-0.3, -0.25) is 4.79 Å². The first-order valence-corrected chi connectivity index (χ1v) is 10.6. The topological polar surface area (TPSA) is 103 Å². The molecule has 0 radical (unpaired) electrons. The minimum atomic E-state index is -3.53. The Morgan fingerprint density at radius 2 is 1.62 bits per heavy atom. The second-order valence-electron chi connectivity index (χ2n) is 6.08. The summed E-state index contributed by atoms with van der Waals surface area (Å²) in [7, 11) is -0.439. The van der Waals surface area contributed by atoms with E-state index in [0.717, 1.165) is 5.56 Å². The number of rotatable bonds is 11. The lowest BCUT2D eigenvalue weighted by atomic mass is 10.1. The molecule has 29 heavy (non-hydrogen) atoms. The number of sulfonamides is 1. The highest BCUT2D eigenvalue weighted by molar-refractivity contribution is 7.89. The minimum absolute atomic E-state index is 0.144. The number of hydrogen-bond acceptors (Lipinski definition) is 6. The van der Waals surface area contributed by atoms with Crippen molar-refractivity contribution in [1.29, 1.82) is 0 Å². The molecule has 2 aromatic carbocycles. The number of nitrogens with one attached hydrogen (secondary N) is 2. The molecule has 1 amide bonds. The zero-order chi connectivity index (χ0) is 21.3. The van der Waals surface area contributed by atoms with Gasteiger partial charge in [0.2, 0.25) is 10.0 Å². The largest absolute Gasteiger partial charge is 0.496 e. The number of benzene rings is 2. The fraction of sp³-hybridized carbons (Fsp3) is 0.350. The Balaban J connectivity index is 1.90. The summed E-state index contributed by atoms with van der Waals surface area (Å²) < 4.78 is 42.6. The molecule has 0 aliphatic rings. The molecule has 0 aliphatic heterocycles. The van der Waals surface area contributed by atoms with Gasteiger partial charge in [-0.2, -0.15) is 0 Å². The smallest absolute Gasteiger partial charge is 0.258 e. The van der Waals surface area contributed by atoms with Crippen LogP contribution in [-0.2, 0) is 21.4 Å². The highest BCUT2D eigenvalue weighted by Gasteiger charge is 2.14. The van der Waals surface area contributed by atoms with Gasteiger partial charge in [0.05, 0.1) is 31.2 Å². The van der Waals surface area contributed by atoms with Crippen LogP contribution in [0.15, 0.2) is 47.4 Å². The molecule has 0 bridgehead atoms. The van der Waals surface area contributed by atoms with Crippen molar-refractivity contribution in [3.8, 4) is 17.2 Å². The van der Waals surface area contributed by atoms with E-state index in [1.54, 1.807) is 32.4 Å². The van der Waals surface area contributed by atoms with Crippen molar-refractivity contribution >= 4 is 15.9 Å². The number of carbonyl (C=O) groups excluding carboxylic acids is 1. The molecule has 2 N–H and O–H groups in total. The van der Waals surface area contributed by atoms with Gasteiger partial charge in [0.25, 0.3) is 5.91 Å². The Hall–Kier alpha value is -2.78. The first-order valence-electron chi connectivity index (χ1n) is 9.10. The van der Waals surface area contributed by atoms with Crippen LogP contribution in [-0.4, -0.2) is 41.7 Å². The molecular formula is C20H26N2O6S. The van der Waals surface area contributed by atoms with E-state index >= 15 is 0 Å². The highest BCUT2D eigenvalue weighted by atomic mass is 32.2. The first kappa shape index (κ1) is 22.5. The maximum absolute atomic E-state index is 12.1. The van der Waals surface area contributed by atoms with Gasteiger partial charge >= 0.3 is 0 Å². The third-order valence-corrected chi connectivity index (χ3v) is 5.52. The van der Waals surface area contributed by atoms with E-state index in [-0.39, 0.29) is 24.0 Å². The second kappa shape index (κ2) is 10.7. The highest BCUT2D eigenvalue weighted by Crippen LogP contribution is 2.27. The molecule has 8 nitrogen and oxygen atoms in total. The molecule has 158 valence electrons. The lowest BCUT2D eigenvalue weighted by Crippen LogP contribution is -2.28. The van der Waals surface area contributed by atoms with E-state index in [2.05, 4.69) is 10.0 Å². The Kier molecular flexibility index (Phi) is 8.29. The van der Waals surface area contributed by atoms with E-state index < -0.39 is 10.0 Å². The fourth-order valence-corrected chi connectivity index (χ4v) is 3.66. The molecule has 0 fully saturated rings. The van der Waals surface area contributed by atoms with Crippen molar-refractivity contribution in [1.82, 2.24) is 10.0 Å². The van der Waals surface area contributed by atoms with Crippen molar-refractivity contribution in [2.45, 2.75) is 24.8 Å². The lowest BCUT2D eigenvalue weighted by Gasteiger charge is -2.14. The minimum Gasteiger partial charge on any atom is -0.496 e. The van der Waals surface area contributed by atoms with Crippen molar-refractivity contribution < 1.29 is 27.4 Å². The Bertz CT molecular complexity index is 891. The Morgan fingerprint density at radius 1 is 1.00 bits per heavy atom. The number of methoxy groups -OCH3 is 2. The van der Waals surface area contributed by atoms with Gasteiger partial charge in [-0.1, -0.05) is 13.0 Å². The zero-order valence-corrected chi connectivity index (χ0v) is 17.5. The van der Waals surface area contributed by atoms with E-state index in [1.165, 1.54) is 24.3 Å². The number of carbonyl (C=O) groups is 1. The van der Waals surface area contributed by atoms with E-state index in [4.69, 9.17) is 14.2 Å². The van der Waals surface area contributed by atoms with E-state index in [1.807, 2.05) is 6.92 Å². The van der Waals surface area contributed by atoms with Crippen LogP contribution in [0.4, 0.5) is 0 Å². The monoisotopic (exact) mass is 422 g/mol. The van der Waals surface area contributed by atoms with Crippen molar-refractivity contribution in [3.63, 3.8) is 0 Å². The average Bonchev–Trinajstić information content (AvgIpc) is 2.74. The molecule has 0 aromatic heterocycles. The standard InChI is InChI=1S/C20H26N2O6S/c1-4-12-22-29(24,25)16-10-8-15(9-11-16)28-14-20(23)21-13-17-18(26-2)6-5-7-19(17)27-3/h5-11,22H,4,12-14H2,1-3H3,(H,21,23). The van der Waals surface area contributed by atoms with E-state index in [9.17, 15) is 13.2 Å². The molecule has 0 aliphatic carbocycles. The SMILES string of the molecule is CCCNS(=O)(=O)c1ccc(OCC(=O)NCc2c(OC)cccc2OC)cc1. The molecule has 0 atom stereocenters. The maximum atomic E-state index is 12.1. The normalized spacial score (nSPS) is 11.0. The van der Waals surface area contributed by atoms with Crippen LogP contribution in [0.5, 0.6) is 17.2 Å². The number of ether oxygens (including phenoxy) is 3. The van der Waals surface area contributed by atoms with Crippen molar-refractivity contribution in [3.05, 3.63) is 48.0 Å². The van der Waals surface area contributed by atoms with E-state index in [0.29, 0.717) is 30.2 Å². The van der Waals surface area contributed by atoms with Gasteiger partial charge in [-0.15, -0.1) is 0 Å². The molecule has 0 spiro atoms. The van der Waals surface area contributed by atoms with Gasteiger partial charge in [-0.25, -0.2) is 13.1 Å². The summed E-state index contributed by atoms with van der Waals surface area (Å²) in [4.78, 5) is 12.3. The summed E-state index contributed by atoms with van der Waals surface area (Å²) in [5.41, 5.74) is 0.722. The quantitative estimate of drug-likeness (QED) is 0.575. The van der Waals surface area contributed by atoms with Crippen LogP contribution in [0.25, 0.3) is 0 Å². The van der Waals surface area contributed by atoms with Gasteiger partial charge in [0.1, 0.15) is 17.2 Å². The fourth-order valence-electron chi connectivity index (χ4n) is 2.52. The predicted octanol–water partition coefficient (Wildman–Crippen LogP) is 2.09.